The van der Waals surface area contributed by atoms with Crippen LogP contribution in [-0.4, -0.2) is 11.0 Å². The summed E-state index contributed by atoms with van der Waals surface area (Å²) < 4.78 is 11.4. The highest BCUT2D eigenvalue weighted by Gasteiger charge is 2.10. The number of rotatable bonds is 5. The molecule has 4 aromatic rings. The normalized spacial score (nSPS) is 10.8. The average molecular weight is 387 g/mol. The molecule has 0 aliphatic heterocycles. The van der Waals surface area contributed by atoms with Gasteiger partial charge in [-0.25, -0.2) is 0 Å². The van der Waals surface area contributed by atoms with Crippen LogP contribution in [0.4, 0.5) is 0 Å². The van der Waals surface area contributed by atoms with E-state index in [0.717, 1.165) is 5.56 Å². The molecule has 1 aromatic heterocycles. The van der Waals surface area contributed by atoms with E-state index in [0.29, 0.717) is 40.0 Å². The molecule has 0 bridgehead atoms. The molecule has 3 N–H and O–H groups in total. The summed E-state index contributed by atoms with van der Waals surface area (Å²) in [6, 6.07) is 18.2. The first-order valence-corrected chi connectivity index (χ1v) is 8.88. The largest absolute Gasteiger partial charge is 0.508 e. The Kier molecular flexibility index (Phi) is 4.75. The lowest BCUT2D eigenvalue weighted by molar-refractivity contribution is 0.1000. The number of ether oxygens (including phenoxy) is 1. The SMILES string of the molecule is NC(=O)c1ccc(COc2ccc3c(=O)c(-c4ccc(O)cc4)coc3c2)cc1. The van der Waals surface area contributed by atoms with E-state index < -0.39 is 5.91 Å². The molecule has 1 heterocycles. The fourth-order valence-electron chi connectivity index (χ4n) is 2.97. The molecule has 0 spiro atoms. The molecule has 3 aromatic carbocycles. The van der Waals surface area contributed by atoms with Gasteiger partial charge in [-0.2, -0.15) is 0 Å². The smallest absolute Gasteiger partial charge is 0.248 e. The molecule has 144 valence electrons. The van der Waals surface area contributed by atoms with Crippen molar-refractivity contribution in [3.8, 4) is 22.6 Å². The molecule has 0 saturated heterocycles. The van der Waals surface area contributed by atoms with Crippen molar-refractivity contribution >= 4 is 16.9 Å². The Morgan fingerprint density at radius 1 is 1.00 bits per heavy atom. The lowest BCUT2D eigenvalue weighted by Crippen LogP contribution is -2.10. The van der Waals surface area contributed by atoms with E-state index in [1.54, 1.807) is 54.6 Å². The molecule has 1 amide bonds. The van der Waals surface area contributed by atoms with Crippen LogP contribution in [0.15, 0.2) is 82.2 Å². The molecule has 0 saturated carbocycles. The van der Waals surface area contributed by atoms with Gasteiger partial charge in [-0.1, -0.05) is 24.3 Å². The highest BCUT2D eigenvalue weighted by atomic mass is 16.5. The van der Waals surface area contributed by atoms with E-state index in [1.807, 2.05) is 0 Å². The minimum atomic E-state index is -0.478. The molecule has 0 fully saturated rings. The van der Waals surface area contributed by atoms with Gasteiger partial charge in [0.15, 0.2) is 5.43 Å². The van der Waals surface area contributed by atoms with Crippen LogP contribution in [0.5, 0.6) is 11.5 Å². The summed E-state index contributed by atoms with van der Waals surface area (Å²) in [6.07, 6.45) is 1.41. The Bertz CT molecular complexity index is 1240. The van der Waals surface area contributed by atoms with Crippen LogP contribution in [0, 0.1) is 0 Å². The first kappa shape index (κ1) is 18.3. The second-order valence-electron chi connectivity index (χ2n) is 6.53. The van der Waals surface area contributed by atoms with Gasteiger partial charge in [-0.15, -0.1) is 0 Å². The number of amides is 1. The molecule has 6 nitrogen and oxygen atoms in total. The maximum atomic E-state index is 12.8. The molecular formula is C23H17NO5. The molecule has 6 heteroatoms. The molecular weight excluding hydrogens is 370 g/mol. The van der Waals surface area contributed by atoms with Crippen LogP contribution in [0.2, 0.25) is 0 Å². The number of primary amides is 1. The van der Waals surface area contributed by atoms with Gasteiger partial charge in [-0.3, -0.25) is 9.59 Å². The van der Waals surface area contributed by atoms with Crippen LogP contribution in [0.3, 0.4) is 0 Å². The third-order valence-corrected chi connectivity index (χ3v) is 4.57. The van der Waals surface area contributed by atoms with Crippen molar-refractivity contribution < 1.29 is 19.1 Å². The molecule has 0 atom stereocenters. The highest BCUT2D eigenvalue weighted by Crippen LogP contribution is 2.24. The Morgan fingerprint density at radius 3 is 2.41 bits per heavy atom. The van der Waals surface area contributed by atoms with Crippen molar-refractivity contribution in [1.29, 1.82) is 0 Å². The van der Waals surface area contributed by atoms with Crippen LogP contribution in [0.25, 0.3) is 22.1 Å². The number of phenolic OH excluding ortho intramolecular Hbond substituents is 1. The number of hydrogen-bond acceptors (Lipinski definition) is 5. The Morgan fingerprint density at radius 2 is 1.72 bits per heavy atom. The van der Waals surface area contributed by atoms with Gasteiger partial charge in [0.2, 0.25) is 5.91 Å². The van der Waals surface area contributed by atoms with Gasteiger partial charge >= 0.3 is 0 Å². The van der Waals surface area contributed by atoms with Gasteiger partial charge in [0.25, 0.3) is 0 Å². The summed E-state index contributed by atoms with van der Waals surface area (Å²) in [6.45, 7) is 0.292. The molecule has 0 radical (unpaired) electrons. The zero-order chi connectivity index (χ0) is 20.4. The highest BCUT2D eigenvalue weighted by molar-refractivity contribution is 5.92. The first-order valence-electron chi connectivity index (χ1n) is 8.88. The van der Waals surface area contributed by atoms with Crippen LogP contribution >= 0.6 is 0 Å². The predicted octanol–water partition coefficient (Wildman–Crippen LogP) is 3.84. The minimum absolute atomic E-state index is 0.130. The van der Waals surface area contributed by atoms with E-state index in [2.05, 4.69) is 0 Å². The Labute approximate surface area is 165 Å². The second kappa shape index (κ2) is 7.52. The Hall–Kier alpha value is -4.06. The lowest BCUT2D eigenvalue weighted by atomic mass is 10.1. The zero-order valence-corrected chi connectivity index (χ0v) is 15.3. The number of phenols is 1. The predicted molar refractivity (Wildman–Crippen MR) is 109 cm³/mol. The number of benzene rings is 3. The molecule has 0 aliphatic carbocycles. The van der Waals surface area contributed by atoms with Crippen molar-refractivity contribution in [2.75, 3.05) is 0 Å². The molecule has 29 heavy (non-hydrogen) atoms. The van der Waals surface area contributed by atoms with Crippen molar-refractivity contribution in [2.45, 2.75) is 6.61 Å². The Balaban J connectivity index is 1.56. The van der Waals surface area contributed by atoms with Crippen molar-refractivity contribution in [2.24, 2.45) is 5.73 Å². The van der Waals surface area contributed by atoms with E-state index in [9.17, 15) is 14.7 Å². The maximum absolute atomic E-state index is 12.8. The molecule has 4 rings (SSSR count). The van der Waals surface area contributed by atoms with Gasteiger partial charge < -0.3 is 20.0 Å². The third-order valence-electron chi connectivity index (χ3n) is 4.57. The second-order valence-corrected chi connectivity index (χ2v) is 6.53. The van der Waals surface area contributed by atoms with Crippen LogP contribution in [-0.2, 0) is 6.61 Å². The molecule has 0 aliphatic rings. The van der Waals surface area contributed by atoms with E-state index in [4.69, 9.17) is 14.9 Å². The van der Waals surface area contributed by atoms with E-state index in [1.165, 1.54) is 18.4 Å². The van der Waals surface area contributed by atoms with Gasteiger partial charge in [0, 0.05) is 11.6 Å². The van der Waals surface area contributed by atoms with Crippen molar-refractivity contribution in [3.63, 3.8) is 0 Å². The quantitative estimate of drug-likeness (QED) is 0.542. The van der Waals surface area contributed by atoms with E-state index >= 15 is 0 Å². The molecule has 0 unspecified atom stereocenters. The summed E-state index contributed by atoms with van der Waals surface area (Å²) in [4.78, 5) is 23.9. The summed E-state index contributed by atoms with van der Waals surface area (Å²) in [7, 11) is 0. The number of carbonyl (C=O) groups is 1. The van der Waals surface area contributed by atoms with Gasteiger partial charge in [-0.05, 0) is 47.5 Å². The number of carbonyl (C=O) groups excluding carboxylic acids is 1. The topological polar surface area (TPSA) is 103 Å². The summed E-state index contributed by atoms with van der Waals surface area (Å²) in [5.41, 5.74) is 7.88. The first-order chi connectivity index (χ1) is 14.0. The minimum Gasteiger partial charge on any atom is -0.508 e. The zero-order valence-electron chi connectivity index (χ0n) is 15.3. The standard InChI is InChI=1S/C23H17NO5/c24-23(27)16-3-1-14(2-4-16)12-28-18-9-10-19-21(11-18)29-13-20(22(19)26)15-5-7-17(25)8-6-15/h1-11,13,25H,12H2,(H2,24,27). The number of nitrogens with two attached hydrogens (primary N) is 1. The maximum Gasteiger partial charge on any atom is 0.248 e. The fraction of sp³-hybridized carbons (Fsp3) is 0.0435. The van der Waals surface area contributed by atoms with Crippen LogP contribution < -0.4 is 15.9 Å². The lowest BCUT2D eigenvalue weighted by Gasteiger charge is -2.08. The number of aromatic hydroxyl groups is 1. The summed E-state index contributed by atoms with van der Waals surface area (Å²) >= 11 is 0. The third kappa shape index (κ3) is 3.82. The van der Waals surface area contributed by atoms with Gasteiger partial charge in [0.1, 0.15) is 30.0 Å². The van der Waals surface area contributed by atoms with E-state index in [-0.39, 0.29) is 11.2 Å². The van der Waals surface area contributed by atoms with Crippen LogP contribution in [0.1, 0.15) is 15.9 Å². The monoisotopic (exact) mass is 387 g/mol. The summed E-state index contributed by atoms with van der Waals surface area (Å²) in [5, 5.41) is 9.85. The average Bonchev–Trinajstić information content (AvgIpc) is 2.73. The fourth-order valence-corrected chi connectivity index (χ4v) is 2.97. The number of hydrogen-bond donors (Lipinski definition) is 2. The van der Waals surface area contributed by atoms with Crippen molar-refractivity contribution in [3.05, 3.63) is 94.3 Å². The van der Waals surface area contributed by atoms with Crippen molar-refractivity contribution in [1.82, 2.24) is 0 Å². The summed E-state index contributed by atoms with van der Waals surface area (Å²) in [5.74, 6) is 0.204. The number of fused-ring (bicyclic) bond motifs is 1. The van der Waals surface area contributed by atoms with Gasteiger partial charge in [0.05, 0.1) is 10.9 Å².